The van der Waals surface area contributed by atoms with Gasteiger partial charge in [0, 0.05) is 25.8 Å². The number of hydrogen-bond donors (Lipinski definition) is 1. The summed E-state index contributed by atoms with van der Waals surface area (Å²) in [4.78, 5) is 17.4. The van der Waals surface area contributed by atoms with Gasteiger partial charge in [0.1, 0.15) is 5.69 Å². The van der Waals surface area contributed by atoms with Crippen molar-refractivity contribution in [3.05, 3.63) is 29.1 Å². The highest BCUT2D eigenvalue weighted by Gasteiger charge is 2.27. The third-order valence-corrected chi connectivity index (χ3v) is 4.13. The predicted molar refractivity (Wildman–Crippen MR) is 72.1 cm³/mol. The maximum absolute atomic E-state index is 10.8. The second-order valence-corrected chi connectivity index (χ2v) is 5.71. The van der Waals surface area contributed by atoms with Crippen LogP contribution >= 0.6 is 0 Å². The Kier molecular flexibility index (Phi) is 3.62. The monoisotopic (exact) mass is 260 g/mol. The van der Waals surface area contributed by atoms with Gasteiger partial charge < -0.3 is 5.11 Å². The largest absolute Gasteiger partial charge is 0.393 e. The van der Waals surface area contributed by atoms with Crippen LogP contribution in [0.1, 0.15) is 53.2 Å². The van der Waals surface area contributed by atoms with E-state index in [9.17, 15) is 9.90 Å². The molecule has 1 aromatic rings. The summed E-state index contributed by atoms with van der Waals surface area (Å²) < 4.78 is 0. The fourth-order valence-electron chi connectivity index (χ4n) is 2.81. The molecule has 1 N–H and O–H groups in total. The minimum absolute atomic E-state index is 0.130. The highest BCUT2D eigenvalue weighted by atomic mass is 16.3. The molecule has 0 radical (unpaired) electrons. The number of nitrogens with zero attached hydrogens (tertiary/aromatic N) is 2. The van der Waals surface area contributed by atoms with Crippen LogP contribution in [0.15, 0.2) is 12.3 Å². The normalized spacial score (nSPS) is 21.5. The molecule has 0 spiro atoms. The van der Waals surface area contributed by atoms with Gasteiger partial charge in [0.25, 0.3) is 0 Å². The Balaban J connectivity index is 1.74. The van der Waals surface area contributed by atoms with Crippen LogP contribution < -0.4 is 0 Å². The summed E-state index contributed by atoms with van der Waals surface area (Å²) in [5, 5.41) is 9.54. The van der Waals surface area contributed by atoms with Crippen molar-refractivity contribution in [2.24, 2.45) is 0 Å². The van der Waals surface area contributed by atoms with E-state index in [0.29, 0.717) is 11.6 Å². The molecular weight excluding hydrogens is 240 g/mol. The van der Waals surface area contributed by atoms with E-state index in [2.05, 4.69) is 9.88 Å². The SMILES string of the molecule is O=Cc1cc(C2CC2)c(CN2CCC(O)CC2)cn1. The summed E-state index contributed by atoms with van der Waals surface area (Å²) in [6, 6.07) is 1.96. The molecule has 3 rings (SSSR count). The zero-order valence-electron chi connectivity index (χ0n) is 11.1. The summed E-state index contributed by atoms with van der Waals surface area (Å²) in [6.07, 6.45) is 6.74. The van der Waals surface area contributed by atoms with Crippen molar-refractivity contribution >= 4 is 6.29 Å². The first kappa shape index (κ1) is 12.8. The average molecular weight is 260 g/mol. The number of aromatic nitrogens is 1. The van der Waals surface area contributed by atoms with E-state index in [1.54, 1.807) is 0 Å². The van der Waals surface area contributed by atoms with E-state index in [-0.39, 0.29) is 6.10 Å². The number of pyridine rings is 1. The number of likely N-dealkylation sites (tertiary alicyclic amines) is 1. The van der Waals surface area contributed by atoms with Crippen molar-refractivity contribution in [2.45, 2.75) is 44.2 Å². The molecule has 2 heterocycles. The average Bonchev–Trinajstić information content (AvgIpc) is 3.26. The van der Waals surface area contributed by atoms with E-state index < -0.39 is 0 Å². The Labute approximate surface area is 113 Å². The smallest absolute Gasteiger partial charge is 0.168 e. The van der Waals surface area contributed by atoms with Gasteiger partial charge in [0.05, 0.1) is 6.10 Å². The molecule has 1 aliphatic heterocycles. The lowest BCUT2D eigenvalue weighted by Gasteiger charge is -2.30. The lowest BCUT2D eigenvalue weighted by atomic mass is 10.0. The molecule has 1 aromatic heterocycles. The van der Waals surface area contributed by atoms with E-state index in [1.807, 2.05) is 12.3 Å². The number of carbonyl (C=O) groups is 1. The summed E-state index contributed by atoms with van der Waals surface area (Å²) in [7, 11) is 0. The van der Waals surface area contributed by atoms with Crippen molar-refractivity contribution in [2.75, 3.05) is 13.1 Å². The predicted octanol–water partition coefficient (Wildman–Crippen LogP) is 1.73. The van der Waals surface area contributed by atoms with Crippen LogP contribution in [0.2, 0.25) is 0 Å². The number of hydrogen-bond acceptors (Lipinski definition) is 4. The van der Waals surface area contributed by atoms with Crippen molar-refractivity contribution < 1.29 is 9.90 Å². The fourth-order valence-corrected chi connectivity index (χ4v) is 2.81. The molecule has 102 valence electrons. The summed E-state index contributed by atoms with van der Waals surface area (Å²) in [5.74, 6) is 0.632. The zero-order chi connectivity index (χ0) is 13.2. The Morgan fingerprint density at radius 3 is 2.68 bits per heavy atom. The van der Waals surface area contributed by atoms with Gasteiger partial charge in [-0.3, -0.25) is 14.7 Å². The van der Waals surface area contributed by atoms with Gasteiger partial charge in [-0.25, -0.2) is 0 Å². The molecule has 0 amide bonds. The molecule has 0 aromatic carbocycles. The zero-order valence-corrected chi connectivity index (χ0v) is 11.1. The van der Waals surface area contributed by atoms with Crippen LogP contribution in [0.4, 0.5) is 0 Å². The Morgan fingerprint density at radius 1 is 1.32 bits per heavy atom. The van der Waals surface area contributed by atoms with Crippen LogP contribution in [0.5, 0.6) is 0 Å². The van der Waals surface area contributed by atoms with Gasteiger partial charge in [-0.2, -0.15) is 0 Å². The highest BCUT2D eigenvalue weighted by Crippen LogP contribution is 2.42. The summed E-state index contributed by atoms with van der Waals surface area (Å²) in [5.41, 5.74) is 3.10. The van der Waals surface area contributed by atoms with Gasteiger partial charge in [-0.15, -0.1) is 0 Å². The first-order valence-electron chi connectivity index (χ1n) is 7.10. The lowest BCUT2D eigenvalue weighted by molar-refractivity contribution is 0.0790. The molecule has 0 bridgehead atoms. The minimum atomic E-state index is -0.130. The van der Waals surface area contributed by atoms with Crippen LogP contribution in [0, 0.1) is 0 Å². The molecule has 1 saturated carbocycles. The van der Waals surface area contributed by atoms with Crippen molar-refractivity contribution in [1.82, 2.24) is 9.88 Å². The third-order valence-electron chi connectivity index (χ3n) is 4.13. The molecule has 4 heteroatoms. The molecule has 0 atom stereocenters. The van der Waals surface area contributed by atoms with E-state index in [0.717, 1.165) is 38.8 Å². The minimum Gasteiger partial charge on any atom is -0.393 e. The summed E-state index contributed by atoms with van der Waals surface area (Å²) >= 11 is 0. The molecule has 0 unspecified atom stereocenters. The molecule has 1 saturated heterocycles. The molecule has 1 aliphatic carbocycles. The third kappa shape index (κ3) is 3.01. The van der Waals surface area contributed by atoms with Crippen LogP contribution in [0.25, 0.3) is 0 Å². The first-order valence-corrected chi connectivity index (χ1v) is 7.10. The quantitative estimate of drug-likeness (QED) is 0.838. The molecule has 4 nitrogen and oxygen atoms in total. The lowest BCUT2D eigenvalue weighted by Crippen LogP contribution is -2.35. The maximum atomic E-state index is 10.8. The number of carbonyl (C=O) groups excluding carboxylic acids is 1. The molecule has 2 fully saturated rings. The van der Waals surface area contributed by atoms with Crippen molar-refractivity contribution in [1.29, 1.82) is 0 Å². The summed E-state index contributed by atoms with van der Waals surface area (Å²) in [6.45, 7) is 2.78. The van der Waals surface area contributed by atoms with Crippen LogP contribution in [-0.4, -0.2) is 40.5 Å². The number of aliphatic hydroxyl groups is 1. The van der Waals surface area contributed by atoms with Gasteiger partial charge >= 0.3 is 0 Å². The highest BCUT2D eigenvalue weighted by molar-refractivity contribution is 5.72. The Hall–Kier alpha value is -1.26. The Morgan fingerprint density at radius 2 is 2.05 bits per heavy atom. The number of piperidine rings is 1. The van der Waals surface area contributed by atoms with E-state index in [1.165, 1.54) is 24.0 Å². The topological polar surface area (TPSA) is 53.4 Å². The first-order chi connectivity index (χ1) is 9.26. The van der Waals surface area contributed by atoms with Crippen molar-refractivity contribution in [3.63, 3.8) is 0 Å². The Bertz CT molecular complexity index is 463. The second kappa shape index (κ2) is 5.39. The second-order valence-electron chi connectivity index (χ2n) is 5.71. The van der Waals surface area contributed by atoms with E-state index >= 15 is 0 Å². The fraction of sp³-hybridized carbons (Fsp3) is 0.600. The molecule has 19 heavy (non-hydrogen) atoms. The number of rotatable bonds is 4. The standard InChI is InChI=1S/C15H20N2O2/c18-10-13-7-15(11-1-2-11)12(8-16-13)9-17-5-3-14(19)4-6-17/h7-8,10-11,14,19H,1-6,9H2. The van der Waals surface area contributed by atoms with Gasteiger partial charge in [-0.05, 0) is 48.8 Å². The van der Waals surface area contributed by atoms with Crippen LogP contribution in [-0.2, 0) is 6.54 Å². The van der Waals surface area contributed by atoms with Gasteiger partial charge in [0.15, 0.2) is 6.29 Å². The number of aliphatic hydroxyl groups excluding tert-OH is 1. The molecular formula is C15H20N2O2. The number of aldehydes is 1. The van der Waals surface area contributed by atoms with Gasteiger partial charge in [-0.1, -0.05) is 0 Å². The van der Waals surface area contributed by atoms with Gasteiger partial charge in [0.2, 0.25) is 0 Å². The molecule has 2 aliphatic rings. The maximum Gasteiger partial charge on any atom is 0.168 e. The van der Waals surface area contributed by atoms with Crippen molar-refractivity contribution in [3.8, 4) is 0 Å². The van der Waals surface area contributed by atoms with E-state index in [4.69, 9.17) is 0 Å². The van der Waals surface area contributed by atoms with Crippen LogP contribution in [0.3, 0.4) is 0 Å².